The second kappa shape index (κ2) is 9.11. The molecule has 0 spiro atoms. The second-order valence-corrected chi connectivity index (χ2v) is 7.61. The summed E-state index contributed by atoms with van der Waals surface area (Å²) in [6.45, 7) is 10.3. The number of benzene rings is 2. The largest absolute Gasteiger partial charge is 0.497 e. The molecule has 28 heavy (non-hydrogen) atoms. The van der Waals surface area contributed by atoms with Gasteiger partial charge < -0.3 is 15.0 Å². The van der Waals surface area contributed by atoms with Crippen LogP contribution in [0.5, 0.6) is 5.75 Å². The molecule has 0 bridgehead atoms. The number of aryl methyl sites for hydroxylation is 2. The molecule has 3 rings (SSSR count). The van der Waals surface area contributed by atoms with Crippen LogP contribution in [-0.4, -0.2) is 50.6 Å². The number of hydrogen-bond donors (Lipinski definition) is 1. The van der Waals surface area contributed by atoms with E-state index in [0.29, 0.717) is 6.54 Å². The van der Waals surface area contributed by atoms with E-state index in [0.717, 1.165) is 31.9 Å². The quantitative estimate of drug-likeness (QED) is 0.834. The average Bonchev–Trinajstić information content (AvgIpc) is 2.70. The molecule has 2 aromatic rings. The molecule has 0 aromatic heterocycles. The standard InChI is InChI=1S/C23H31N3O2/c1-17-5-6-18(2)22(15-17)19(3)24-23(27)16-25-11-13-26(14-12-25)20-7-9-21(28-4)10-8-20/h5-10,15,19H,11-14,16H2,1-4H3,(H,24,27)/t19-/m1/s1. The summed E-state index contributed by atoms with van der Waals surface area (Å²) in [5, 5.41) is 3.16. The van der Waals surface area contributed by atoms with Gasteiger partial charge in [0.25, 0.3) is 0 Å². The number of anilines is 1. The summed E-state index contributed by atoms with van der Waals surface area (Å²) < 4.78 is 5.22. The van der Waals surface area contributed by atoms with E-state index in [1.807, 2.05) is 12.1 Å². The molecule has 1 aliphatic heterocycles. The van der Waals surface area contributed by atoms with E-state index >= 15 is 0 Å². The Morgan fingerprint density at radius 1 is 1.07 bits per heavy atom. The molecule has 1 fully saturated rings. The lowest BCUT2D eigenvalue weighted by Gasteiger charge is -2.36. The molecule has 1 aliphatic rings. The van der Waals surface area contributed by atoms with E-state index in [9.17, 15) is 4.79 Å². The first kappa shape index (κ1) is 20.2. The van der Waals surface area contributed by atoms with Gasteiger partial charge in [-0.05, 0) is 56.2 Å². The van der Waals surface area contributed by atoms with Gasteiger partial charge in [-0.25, -0.2) is 0 Å². The topological polar surface area (TPSA) is 44.8 Å². The number of hydrogen-bond acceptors (Lipinski definition) is 4. The molecular formula is C23H31N3O2. The van der Waals surface area contributed by atoms with Crippen molar-refractivity contribution in [1.29, 1.82) is 0 Å². The van der Waals surface area contributed by atoms with Crippen LogP contribution < -0.4 is 15.0 Å². The second-order valence-electron chi connectivity index (χ2n) is 7.61. The summed E-state index contributed by atoms with van der Waals surface area (Å²) in [6.07, 6.45) is 0. The Bertz CT molecular complexity index is 796. The highest BCUT2D eigenvalue weighted by Crippen LogP contribution is 2.21. The van der Waals surface area contributed by atoms with Crippen LogP contribution in [-0.2, 0) is 4.79 Å². The molecular weight excluding hydrogens is 350 g/mol. The number of nitrogens with one attached hydrogen (secondary N) is 1. The van der Waals surface area contributed by atoms with Crippen molar-refractivity contribution >= 4 is 11.6 Å². The highest BCUT2D eigenvalue weighted by molar-refractivity contribution is 5.78. The molecule has 1 saturated heterocycles. The van der Waals surface area contributed by atoms with Crippen LogP contribution in [0, 0.1) is 13.8 Å². The van der Waals surface area contributed by atoms with Gasteiger partial charge in [0, 0.05) is 31.9 Å². The van der Waals surface area contributed by atoms with E-state index in [4.69, 9.17) is 4.74 Å². The first-order valence-electron chi connectivity index (χ1n) is 9.94. The van der Waals surface area contributed by atoms with E-state index in [-0.39, 0.29) is 11.9 Å². The van der Waals surface area contributed by atoms with Gasteiger partial charge in [-0.3, -0.25) is 9.69 Å². The van der Waals surface area contributed by atoms with Crippen LogP contribution in [0.1, 0.15) is 29.7 Å². The molecule has 0 aliphatic carbocycles. The Hall–Kier alpha value is -2.53. The van der Waals surface area contributed by atoms with Gasteiger partial charge in [0.15, 0.2) is 0 Å². The van der Waals surface area contributed by atoms with Gasteiger partial charge in [0.2, 0.25) is 5.91 Å². The van der Waals surface area contributed by atoms with Crippen molar-refractivity contribution in [1.82, 2.24) is 10.2 Å². The van der Waals surface area contributed by atoms with Crippen LogP contribution in [0.3, 0.4) is 0 Å². The van der Waals surface area contributed by atoms with Crippen LogP contribution >= 0.6 is 0 Å². The number of rotatable bonds is 6. The Morgan fingerprint density at radius 3 is 2.39 bits per heavy atom. The Balaban J connectivity index is 1.48. The number of carbonyl (C=O) groups is 1. The molecule has 0 unspecified atom stereocenters. The zero-order valence-corrected chi connectivity index (χ0v) is 17.4. The molecule has 1 amide bonds. The average molecular weight is 382 g/mol. The van der Waals surface area contributed by atoms with Gasteiger partial charge in [0.1, 0.15) is 5.75 Å². The summed E-state index contributed by atoms with van der Waals surface area (Å²) in [6, 6.07) is 14.6. The van der Waals surface area contributed by atoms with Crippen molar-refractivity contribution in [2.24, 2.45) is 0 Å². The minimum Gasteiger partial charge on any atom is -0.497 e. The third kappa shape index (κ3) is 5.04. The van der Waals surface area contributed by atoms with Gasteiger partial charge in [-0.15, -0.1) is 0 Å². The van der Waals surface area contributed by atoms with Crippen molar-refractivity contribution in [3.63, 3.8) is 0 Å². The van der Waals surface area contributed by atoms with Gasteiger partial charge >= 0.3 is 0 Å². The first-order chi connectivity index (χ1) is 13.5. The lowest BCUT2D eigenvalue weighted by Crippen LogP contribution is -2.49. The van der Waals surface area contributed by atoms with Crippen LogP contribution in [0.2, 0.25) is 0 Å². The minimum absolute atomic E-state index is 0.0213. The van der Waals surface area contributed by atoms with Gasteiger partial charge in [-0.1, -0.05) is 23.8 Å². The number of ether oxygens (including phenoxy) is 1. The Labute approximate surface area is 168 Å². The summed E-state index contributed by atoms with van der Waals surface area (Å²) in [5.41, 5.74) is 4.83. The van der Waals surface area contributed by atoms with Crippen LogP contribution in [0.15, 0.2) is 42.5 Å². The smallest absolute Gasteiger partial charge is 0.234 e. The normalized spacial score (nSPS) is 15.9. The van der Waals surface area contributed by atoms with E-state index in [1.54, 1.807) is 7.11 Å². The number of nitrogens with zero attached hydrogens (tertiary/aromatic N) is 2. The number of piperazine rings is 1. The predicted molar refractivity (Wildman–Crippen MR) is 114 cm³/mol. The van der Waals surface area contributed by atoms with Crippen molar-refractivity contribution in [2.45, 2.75) is 26.8 Å². The van der Waals surface area contributed by atoms with Crippen molar-refractivity contribution in [3.8, 4) is 5.75 Å². The number of amides is 1. The van der Waals surface area contributed by atoms with Crippen LogP contribution in [0.4, 0.5) is 5.69 Å². The third-order valence-corrected chi connectivity index (χ3v) is 5.46. The Kier molecular flexibility index (Phi) is 6.57. The zero-order chi connectivity index (χ0) is 20.1. The first-order valence-corrected chi connectivity index (χ1v) is 9.94. The van der Waals surface area contributed by atoms with Crippen molar-refractivity contribution < 1.29 is 9.53 Å². The fourth-order valence-electron chi connectivity index (χ4n) is 3.75. The van der Waals surface area contributed by atoms with Crippen LogP contribution in [0.25, 0.3) is 0 Å². The SMILES string of the molecule is COc1ccc(N2CCN(CC(=O)N[C@H](C)c3cc(C)ccc3C)CC2)cc1. The summed E-state index contributed by atoms with van der Waals surface area (Å²) in [7, 11) is 1.68. The van der Waals surface area contributed by atoms with E-state index in [1.165, 1.54) is 22.4 Å². The number of methoxy groups -OCH3 is 1. The summed E-state index contributed by atoms with van der Waals surface area (Å²) >= 11 is 0. The molecule has 1 N–H and O–H groups in total. The maximum Gasteiger partial charge on any atom is 0.234 e. The lowest BCUT2D eigenvalue weighted by molar-refractivity contribution is -0.123. The molecule has 1 atom stereocenters. The summed E-state index contributed by atoms with van der Waals surface area (Å²) in [5.74, 6) is 0.961. The zero-order valence-electron chi connectivity index (χ0n) is 17.4. The molecule has 5 heteroatoms. The third-order valence-electron chi connectivity index (χ3n) is 5.46. The fraction of sp³-hybridized carbons (Fsp3) is 0.435. The highest BCUT2D eigenvalue weighted by atomic mass is 16.5. The number of carbonyl (C=O) groups excluding carboxylic acids is 1. The summed E-state index contributed by atoms with van der Waals surface area (Å²) in [4.78, 5) is 17.1. The molecule has 0 saturated carbocycles. The van der Waals surface area contributed by atoms with E-state index < -0.39 is 0 Å². The maximum absolute atomic E-state index is 12.5. The fourth-order valence-corrected chi connectivity index (χ4v) is 3.75. The molecule has 5 nitrogen and oxygen atoms in total. The van der Waals surface area contributed by atoms with Crippen molar-refractivity contribution in [2.75, 3.05) is 44.7 Å². The van der Waals surface area contributed by atoms with Gasteiger partial charge in [0.05, 0.1) is 19.7 Å². The molecule has 2 aromatic carbocycles. The Morgan fingerprint density at radius 2 is 1.75 bits per heavy atom. The highest BCUT2D eigenvalue weighted by Gasteiger charge is 2.20. The molecule has 0 radical (unpaired) electrons. The lowest BCUT2D eigenvalue weighted by atomic mass is 10.00. The molecule has 150 valence electrons. The van der Waals surface area contributed by atoms with Crippen molar-refractivity contribution in [3.05, 3.63) is 59.2 Å². The minimum atomic E-state index is 0.0213. The monoisotopic (exact) mass is 381 g/mol. The van der Waals surface area contributed by atoms with Gasteiger partial charge in [-0.2, -0.15) is 0 Å². The predicted octanol–water partition coefficient (Wildman–Crippen LogP) is 3.31. The maximum atomic E-state index is 12.5. The molecule has 1 heterocycles. The van der Waals surface area contributed by atoms with E-state index in [2.05, 4.69) is 66.2 Å².